The smallest absolute Gasteiger partial charge is 0.408 e. The van der Waals surface area contributed by atoms with Gasteiger partial charge in [0.1, 0.15) is 12.4 Å². The molecular formula is C17H13FN2O4. The minimum Gasteiger partial charge on any atom is -0.408 e. The summed E-state index contributed by atoms with van der Waals surface area (Å²) in [4.78, 5) is 35.4. The van der Waals surface area contributed by atoms with Gasteiger partial charge >= 0.3 is 5.76 Å². The number of aromatic nitrogens is 1. The molecule has 1 aromatic heterocycles. The van der Waals surface area contributed by atoms with Crippen LogP contribution in [-0.4, -0.2) is 16.3 Å². The van der Waals surface area contributed by atoms with Gasteiger partial charge in [-0.15, -0.1) is 0 Å². The Bertz CT molecular complexity index is 1000. The zero-order chi connectivity index (χ0) is 17.3. The SMILES string of the molecule is CC(=O)c1ccc2c(c1)oc(=O)n2CC(=O)Nc1ccccc1F. The van der Waals surface area contributed by atoms with Gasteiger partial charge in [-0.05, 0) is 37.3 Å². The van der Waals surface area contributed by atoms with Crippen LogP contribution in [0.1, 0.15) is 17.3 Å². The van der Waals surface area contributed by atoms with E-state index in [-0.39, 0.29) is 23.6 Å². The fourth-order valence-corrected chi connectivity index (χ4v) is 2.33. The van der Waals surface area contributed by atoms with Crippen LogP contribution >= 0.6 is 0 Å². The molecule has 6 nitrogen and oxygen atoms in total. The number of nitrogens with zero attached hydrogens (tertiary/aromatic N) is 1. The number of hydrogen-bond acceptors (Lipinski definition) is 4. The predicted octanol–water partition coefficient (Wildman–Crippen LogP) is 2.57. The molecule has 24 heavy (non-hydrogen) atoms. The number of rotatable bonds is 4. The Balaban J connectivity index is 1.88. The first-order valence-electron chi connectivity index (χ1n) is 7.14. The highest BCUT2D eigenvalue weighted by Gasteiger charge is 2.15. The summed E-state index contributed by atoms with van der Waals surface area (Å²) in [7, 11) is 0. The van der Waals surface area contributed by atoms with Gasteiger partial charge in [-0.3, -0.25) is 14.2 Å². The minimum atomic E-state index is -0.727. The lowest BCUT2D eigenvalue weighted by molar-refractivity contribution is -0.116. The zero-order valence-corrected chi connectivity index (χ0v) is 12.7. The molecule has 1 heterocycles. The third kappa shape index (κ3) is 2.96. The number of nitrogens with one attached hydrogen (secondary N) is 1. The van der Waals surface area contributed by atoms with E-state index < -0.39 is 17.5 Å². The van der Waals surface area contributed by atoms with Gasteiger partial charge in [0, 0.05) is 5.56 Å². The molecule has 0 radical (unpaired) electrons. The van der Waals surface area contributed by atoms with Crippen LogP contribution in [0.15, 0.2) is 51.7 Å². The number of fused-ring (bicyclic) bond motifs is 1. The fourth-order valence-electron chi connectivity index (χ4n) is 2.33. The number of halogens is 1. The van der Waals surface area contributed by atoms with Gasteiger partial charge in [0.2, 0.25) is 5.91 Å². The second kappa shape index (κ2) is 6.11. The number of amides is 1. The van der Waals surface area contributed by atoms with Crippen molar-refractivity contribution in [1.82, 2.24) is 4.57 Å². The predicted molar refractivity (Wildman–Crippen MR) is 85.5 cm³/mol. The van der Waals surface area contributed by atoms with Crippen molar-refractivity contribution in [2.45, 2.75) is 13.5 Å². The maximum Gasteiger partial charge on any atom is 0.420 e. The number of carbonyl (C=O) groups is 2. The Morgan fingerprint density at radius 2 is 1.96 bits per heavy atom. The van der Waals surface area contributed by atoms with E-state index in [0.29, 0.717) is 11.1 Å². The van der Waals surface area contributed by atoms with Gasteiger partial charge < -0.3 is 9.73 Å². The number of oxazole rings is 1. The third-order valence-corrected chi connectivity index (χ3v) is 3.52. The topological polar surface area (TPSA) is 81.3 Å². The minimum absolute atomic E-state index is 0.0298. The van der Waals surface area contributed by atoms with Crippen LogP contribution in [0.5, 0.6) is 0 Å². The highest BCUT2D eigenvalue weighted by atomic mass is 19.1. The van der Waals surface area contributed by atoms with Gasteiger partial charge in [-0.1, -0.05) is 12.1 Å². The number of para-hydroxylation sites is 1. The van der Waals surface area contributed by atoms with E-state index in [9.17, 15) is 18.8 Å². The molecule has 1 amide bonds. The Morgan fingerprint density at radius 1 is 1.21 bits per heavy atom. The van der Waals surface area contributed by atoms with Crippen LogP contribution in [0.25, 0.3) is 11.1 Å². The average molecular weight is 328 g/mol. The molecular weight excluding hydrogens is 315 g/mol. The molecule has 0 aliphatic heterocycles. The molecule has 3 aromatic rings. The molecule has 2 aromatic carbocycles. The molecule has 122 valence electrons. The summed E-state index contributed by atoms with van der Waals surface area (Å²) in [5.41, 5.74) is 1.03. The zero-order valence-electron chi connectivity index (χ0n) is 12.7. The molecule has 0 saturated carbocycles. The Kier molecular flexibility index (Phi) is 3.99. The number of hydrogen-bond donors (Lipinski definition) is 1. The van der Waals surface area contributed by atoms with Crippen molar-refractivity contribution in [2.75, 3.05) is 5.32 Å². The molecule has 0 aliphatic carbocycles. The monoisotopic (exact) mass is 328 g/mol. The highest BCUT2D eigenvalue weighted by Crippen LogP contribution is 2.16. The van der Waals surface area contributed by atoms with Gasteiger partial charge in [-0.2, -0.15) is 0 Å². The normalized spacial score (nSPS) is 10.8. The molecule has 7 heteroatoms. The van der Waals surface area contributed by atoms with Crippen molar-refractivity contribution in [3.8, 4) is 0 Å². The van der Waals surface area contributed by atoms with E-state index in [1.54, 1.807) is 12.1 Å². The van der Waals surface area contributed by atoms with Crippen LogP contribution in [0, 0.1) is 5.82 Å². The molecule has 0 bridgehead atoms. The molecule has 0 aliphatic rings. The standard InChI is InChI=1S/C17H13FN2O4/c1-10(21)11-6-7-14-15(8-11)24-17(23)20(14)9-16(22)19-13-5-3-2-4-12(13)18/h2-8H,9H2,1H3,(H,19,22). The lowest BCUT2D eigenvalue weighted by atomic mass is 10.1. The van der Waals surface area contributed by atoms with Crippen LogP contribution in [0.3, 0.4) is 0 Å². The molecule has 3 rings (SSSR count). The van der Waals surface area contributed by atoms with Gasteiger partial charge in [0.15, 0.2) is 11.4 Å². The lowest BCUT2D eigenvalue weighted by Crippen LogP contribution is -2.25. The Morgan fingerprint density at radius 3 is 2.67 bits per heavy atom. The summed E-state index contributed by atoms with van der Waals surface area (Å²) in [5, 5.41) is 2.40. The summed E-state index contributed by atoms with van der Waals surface area (Å²) in [6, 6.07) is 10.3. The van der Waals surface area contributed by atoms with E-state index in [1.165, 1.54) is 37.3 Å². The van der Waals surface area contributed by atoms with Crippen LogP contribution < -0.4 is 11.1 Å². The van der Waals surface area contributed by atoms with Crippen molar-refractivity contribution in [3.05, 3.63) is 64.4 Å². The van der Waals surface area contributed by atoms with E-state index in [4.69, 9.17) is 4.42 Å². The molecule has 0 atom stereocenters. The summed E-state index contributed by atoms with van der Waals surface area (Å²) in [5.74, 6) is -2.03. The number of benzene rings is 2. The number of ketones is 1. The van der Waals surface area contributed by atoms with Gasteiger partial charge in [0.25, 0.3) is 0 Å². The molecule has 0 unspecified atom stereocenters. The molecule has 0 fully saturated rings. The van der Waals surface area contributed by atoms with Gasteiger partial charge in [0.05, 0.1) is 11.2 Å². The number of carbonyl (C=O) groups excluding carboxylic acids is 2. The third-order valence-electron chi connectivity index (χ3n) is 3.52. The van der Waals surface area contributed by atoms with Crippen molar-refractivity contribution >= 4 is 28.5 Å². The molecule has 0 saturated heterocycles. The molecule has 0 spiro atoms. The van der Waals surface area contributed by atoms with Crippen LogP contribution in [0.4, 0.5) is 10.1 Å². The Labute approximate surface area is 135 Å². The van der Waals surface area contributed by atoms with Crippen molar-refractivity contribution in [1.29, 1.82) is 0 Å². The van der Waals surface area contributed by atoms with Crippen LogP contribution in [0.2, 0.25) is 0 Å². The number of Topliss-reactive ketones (excluding diaryl/α,β-unsaturated/α-hetero) is 1. The first kappa shape index (κ1) is 15.7. The van der Waals surface area contributed by atoms with E-state index >= 15 is 0 Å². The molecule has 1 N–H and O–H groups in total. The Hall–Kier alpha value is -3.22. The number of anilines is 1. The average Bonchev–Trinajstić information content (AvgIpc) is 2.84. The fraction of sp³-hybridized carbons (Fsp3) is 0.118. The first-order chi connectivity index (χ1) is 11.5. The second-order valence-electron chi connectivity index (χ2n) is 5.22. The summed E-state index contributed by atoms with van der Waals surface area (Å²) in [6.07, 6.45) is 0. The van der Waals surface area contributed by atoms with Crippen molar-refractivity contribution in [2.24, 2.45) is 0 Å². The first-order valence-corrected chi connectivity index (χ1v) is 7.14. The van der Waals surface area contributed by atoms with Crippen molar-refractivity contribution < 1.29 is 18.4 Å². The van der Waals surface area contributed by atoms with Crippen molar-refractivity contribution in [3.63, 3.8) is 0 Å². The summed E-state index contributed by atoms with van der Waals surface area (Å²) < 4.78 is 19.7. The second-order valence-corrected chi connectivity index (χ2v) is 5.22. The van der Waals surface area contributed by atoms with E-state index in [0.717, 1.165) is 4.57 Å². The van der Waals surface area contributed by atoms with Crippen LogP contribution in [-0.2, 0) is 11.3 Å². The lowest BCUT2D eigenvalue weighted by Gasteiger charge is -2.06. The maximum absolute atomic E-state index is 13.5. The van der Waals surface area contributed by atoms with Gasteiger partial charge in [-0.25, -0.2) is 9.18 Å². The highest BCUT2D eigenvalue weighted by molar-refractivity contribution is 5.97. The quantitative estimate of drug-likeness (QED) is 0.746. The summed E-state index contributed by atoms with van der Waals surface area (Å²) >= 11 is 0. The van der Waals surface area contributed by atoms with E-state index in [1.807, 2.05) is 0 Å². The summed E-state index contributed by atoms with van der Waals surface area (Å²) in [6.45, 7) is 1.07. The largest absolute Gasteiger partial charge is 0.420 e. The maximum atomic E-state index is 13.5. The van der Waals surface area contributed by atoms with E-state index in [2.05, 4.69) is 5.32 Å².